The molecule has 0 amide bonds. The zero-order valence-corrected chi connectivity index (χ0v) is 8.58. The van der Waals surface area contributed by atoms with Crippen molar-refractivity contribution in [2.75, 3.05) is 0 Å². The van der Waals surface area contributed by atoms with Crippen molar-refractivity contribution in [1.29, 1.82) is 0 Å². The summed E-state index contributed by atoms with van der Waals surface area (Å²) < 4.78 is 12.9. The second kappa shape index (κ2) is 4.36. The van der Waals surface area contributed by atoms with Crippen LogP contribution < -0.4 is 0 Å². The molecule has 0 bridgehead atoms. The molecular weight excluding hydrogens is 215 g/mol. The molecule has 0 unspecified atom stereocenters. The summed E-state index contributed by atoms with van der Waals surface area (Å²) in [6.45, 7) is 0. The average Bonchev–Trinajstić information content (AvgIpc) is 2.22. The topological polar surface area (TPSA) is 25.8 Å². The zero-order valence-electron chi connectivity index (χ0n) is 7.82. The van der Waals surface area contributed by atoms with Gasteiger partial charge in [-0.05, 0) is 29.8 Å². The molecule has 15 heavy (non-hydrogen) atoms. The summed E-state index contributed by atoms with van der Waals surface area (Å²) in [5, 5.41) is 7.98. The van der Waals surface area contributed by atoms with Gasteiger partial charge in [0.25, 0.3) is 0 Å². The van der Waals surface area contributed by atoms with Gasteiger partial charge in [-0.2, -0.15) is 5.10 Å². The fourth-order valence-corrected chi connectivity index (χ4v) is 1.39. The lowest BCUT2D eigenvalue weighted by Crippen LogP contribution is -1.94. The molecule has 0 aliphatic heterocycles. The Morgan fingerprint density at radius 3 is 2.67 bits per heavy atom. The second-order valence-electron chi connectivity index (χ2n) is 3.15. The number of hydrogen-bond acceptors (Lipinski definition) is 2. The van der Waals surface area contributed by atoms with E-state index >= 15 is 0 Å². The Bertz CT molecular complexity index is 456. The highest BCUT2D eigenvalue weighted by Gasteiger charge is 1.99. The monoisotopic (exact) mass is 222 g/mol. The summed E-state index contributed by atoms with van der Waals surface area (Å²) in [6, 6.07) is 9.87. The van der Waals surface area contributed by atoms with Gasteiger partial charge in [-0.1, -0.05) is 23.7 Å². The van der Waals surface area contributed by atoms with E-state index in [2.05, 4.69) is 10.2 Å². The van der Waals surface area contributed by atoms with Gasteiger partial charge in [-0.25, -0.2) is 4.39 Å². The molecule has 1 aromatic carbocycles. The van der Waals surface area contributed by atoms with Crippen molar-refractivity contribution >= 4 is 11.6 Å². The molecule has 1 heterocycles. The molecule has 0 atom stereocenters. The van der Waals surface area contributed by atoms with Crippen LogP contribution in [0.25, 0.3) is 0 Å². The number of halogens is 2. The van der Waals surface area contributed by atoms with Crippen molar-refractivity contribution < 1.29 is 4.39 Å². The smallest absolute Gasteiger partial charge is 0.151 e. The molecule has 0 N–H and O–H groups in total. The quantitative estimate of drug-likeness (QED) is 0.781. The molecule has 0 radical (unpaired) electrons. The third-order valence-corrected chi connectivity index (χ3v) is 2.16. The van der Waals surface area contributed by atoms with Gasteiger partial charge < -0.3 is 0 Å². The Balaban J connectivity index is 2.18. The number of rotatable bonds is 2. The highest BCUT2D eigenvalue weighted by molar-refractivity contribution is 6.29. The standard InChI is InChI=1S/C11H8ClFN2/c12-11-5-4-10(14-15-11)7-8-2-1-3-9(13)6-8/h1-6H,7H2. The van der Waals surface area contributed by atoms with Crippen molar-refractivity contribution in [3.63, 3.8) is 0 Å². The molecular formula is C11H8ClFN2. The van der Waals surface area contributed by atoms with E-state index in [1.807, 2.05) is 6.07 Å². The van der Waals surface area contributed by atoms with E-state index in [-0.39, 0.29) is 5.82 Å². The molecule has 1 aromatic heterocycles. The first-order valence-corrected chi connectivity index (χ1v) is 4.84. The van der Waals surface area contributed by atoms with Crippen molar-refractivity contribution in [2.24, 2.45) is 0 Å². The highest BCUT2D eigenvalue weighted by atomic mass is 35.5. The molecule has 0 aliphatic carbocycles. The van der Waals surface area contributed by atoms with Crippen LogP contribution in [0, 0.1) is 5.82 Å². The maximum atomic E-state index is 12.9. The fourth-order valence-electron chi connectivity index (χ4n) is 1.29. The average molecular weight is 223 g/mol. The Hall–Kier alpha value is -1.48. The number of benzene rings is 1. The summed E-state index contributed by atoms with van der Waals surface area (Å²) in [5.41, 5.74) is 1.64. The zero-order chi connectivity index (χ0) is 10.7. The minimum atomic E-state index is -0.241. The Morgan fingerprint density at radius 1 is 1.13 bits per heavy atom. The number of aromatic nitrogens is 2. The van der Waals surface area contributed by atoms with Gasteiger partial charge in [-0.3, -0.25) is 0 Å². The Kier molecular flexibility index (Phi) is 2.92. The predicted molar refractivity (Wildman–Crippen MR) is 56.2 cm³/mol. The molecule has 4 heteroatoms. The maximum Gasteiger partial charge on any atom is 0.151 e. The summed E-state index contributed by atoms with van der Waals surface area (Å²) in [7, 11) is 0. The van der Waals surface area contributed by atoms with Crippen LogP contribution in [0.4, 0.5) is 4.39 Å². The lowest BCUT2D eigenvalue weighted by Gasteiger charge is -2.00. The predicted octanol–water partition coefficient (Wildman–Crippen LogP) is 2.86. The Labute approximate surface area is 91.7 Å². The van der Waals surface area contributed by atoms with Gasteiger partial charge in [0.1, 0.15) is 5.82 Å². The highest BCUT2D eigenvalue weighted by Crippen LogP contribution is 2.09. The van der Waals surface area contributed by atoms with Crippen LogP contribution in [0.1, 0.15) is 11.3 Å². The van der Waals surface area contributed by atoms with Crippen LogP contribution in [0.3, 0.4) is 0 Å². The van der Waals surface area contributed by atoms with Crippen LogP contribution in [0.2, 0.25) is 5.15 Å². The van der Waals surface area contributed by atoms with Crippen LogP contribution >= 0.6 is 11.6 Å². The first kappa shape index (κ1) is 10.1. The van der Waals surface area contributed by atoms with Crippen LogP contribution in [0.5, 0.6) is 0 Å². The minimum absolute atomic E-state index is 0.241. The molecule has 2 rings (SSSR count). The third kappa shape index (κ3) is 2.73. The normalized spacial score (nSPS) is 10.3. The molecule has 0 saturated carbocycles. The summed E-state index contributed by atoms with van der Waals surface area (Å²) in [5.74, 6) is -0.241. The molecule has 0 saturated heterocycles. The lowest BCUT2D eigenvalue weighted by molar-refractivity contribution is 0.626. The van der Waals surface area contributed by atoms with Crippen molar-refractivity contribution in [2.45, 2.75) is 6.42 Å². The van der Waals surface area contributed by atoms with Crippen LogP contribution in [-0.2, 0) is 6.42 Å². The van der Waals surface area contributed by atoms with E-state index in [4.69, 9.17) is 11.6 Å². The summed E-state index contributed by atoms with van der Waals surface area (Å²) in [6.07, 6.45) is 0.557. The maximum absolute atomic E-state index is 12.9. The SMILES string of the molecule is Fc1cccc(Cc2ccc(Cl)nn2)c1. The Morgan fingerprint density at radius 2 is 2.00 bits per heavy atom. The fraction of sp³-hybridized carbons (Fsp3) is 0.0909. The minimum Gasteiger partial charge on any atom is -0.207 e. The summed E-state index contributed by atoms with van der Waals surface area (Å²) in [4.78, 5) is 0. The second-order valence-corrected chi connectivity index (χ2v) is 3.54. The van der Waals surface area contributed by atoms with Crippen LogP contribution in [0.15, 0.2) is 36.4 Å². The summed E-state index contributed by atoms with van der Waals surface area (Å²) >= 11 is 5.61. The molecule has 2 nitrogen and oxygen atoms in total. The molecule has 0 spiro atoms. The van der Waals surface area contributed by atoms with Gasteiger partial charge in [0.2, 0.25) is 0 Å². The van der Waals surface area contributed by atoms with E-state index < -0.39 is 0 Å². The van der Waals surface area contributed by atoms with Gasteiger partial charge in [-0.15, -0.1) is 5.10 Å². The van der Waals surface area contributed by atoms with E-state index in [1.165, 1.54) is 12.1 Å². The first-order chi connectivity index (χ1) is 7.24. The largest absolute Gasteiger partial charge is 0.207 e. The third-order valence-electron chi connectivity index (χ3n) is 1.96. The van der Waals surface area contributed by atoms with E-state index in [9.17, 15) is 4.39 Å². The molecule has 76 valence electrons. The van der Waals surface area contributed by atoms with Crippen molar-refractivity contribution in [3.05, 3.63) is 58.6 Å². The number of nitrogens with zero attached hydrogens (tertiary/aromatic N) is 2. The van der Waals surface area contributed by atoms with Gasteiger partial charge in [0.05, 0.1) is 5.69 Å². The van der Waals surface area contributed by atoms with E-state index in [0.717, 1.165) is 11.3 Å². The van der Waals surface area contributed by atoms with Crippen molar-refractivity contribution in [1.82, 2.24) is 10.2 Å². The lowest BCUT2D eigenvalue weighted by atomic mass is 10.1. The van der Waals surface area contributed by atoms with Crippen LogP contribution in [-0.4, -0.2) is 10.2 Å². The molecule has 0 aliphatic rings. The first-order valence-electron chi connectivity index (χ1n) is 4.46. The van der Waals surface area contributed by atoms with E-state index in [0.29, 0.717) is 11.6 Å². The molecule has 0 fully saturated rings. The number of hydrogen-bond donors (Lipinski definition) is 0. The van der Waals surface area contributed by atoms with Crippen molar-refractivity contribution in [3.8, 4) is 0 Å². The van der Waals surface area contributed by atoms with Gasteiger partial charge in [0.15, 0.2) is 5.15 Å². The van der Waals surface area contributed by atoms with E-state index in [1.54, 1.807) is 18.2 Å². The van der Waals surface area contributed by atoms with Gasteiger partial charge in [0, 0.05) is 6.42 Å². The molecule has 2 aromatic rings. The van der Waals surface area contributed by atoms with Gasteiger partial charge >= 0.3 is 0 Å².